The Hall–Kier alpha value is -1.06. The molecule has 4 nitrogen and oxygen atoms in total. The van der Waals surface area contributed by atoms with E-state index in [1.165, 1.54) is 12.8 Å². The van der Waals surface area contributed by atoms with Crippen molar-refractivity contribution in [3.05, 3.63) is 0 Å². The summed E-state index contributed by atoms with van der Waals surface area (Å²) in [5, 5.41) is 2.63. The topological polar surface area (TPSA) is 55.4 Å². The molecule has 4 heteroatoms. The maximum absolute atomic E-state index is 11.6. The average Bonchev–Trinajstić information content (AvgIpc) is 2.76. The molecule has 1 unspecified atom stereocenters. The zero-order valence-electron chi connectivity index (χ0n) is 10.8. The molecule has 2 atom stereocenters. The van der Waals surface area contributed by atoms with Crippen molar-refractivity contribution < 1.29 is 14.3 Å². The van der Waals surface area contributed by atoms with Gasteiger partial charge in [0.1, 0.15) is 6.04 Å². The Morgan fingerprint density at radius 3 is 2.82 bits per heavy atom. The number of rotatable bonds is 7. The van der Waals surface area contributed by atoms with Gasteiger partial charge in [0.2, 0.25) is 5.91 Å². The van der Waals surface area contributed by atoms with E-state index in [-0.39, 0.29) is 11.9 Å². The minimum Gasteiger partial charge on any atom is -0.464 e. The number of carbonyl (C=O) groups is 2. The van der Waals surface area contributed by atoms with Crippen molar-refractivity contribution in [3.8, 4) is 0 Å². The lowest BCUT2D eigenvalue weighted by atomic mass is 10.0. The highest BCUT2D eigenvalue weighted by Crippen LogP contribution is 2.14. The molecule has 1 fully saturated rings. The van der Waals surface area contributed by atoms with E-state index in [9.17, 15) is 9.59 Å². The molecule has 0 spiro atoms. The van der Waals surface area contributed by atoms with Crippen molar-refractivity contribution in [2.45, 2.75) is 58.4 Å². The third kappa shape index (κ3) is 4.75. The molecule has 0 aromatic carbocycles. The summed E-state index contributed by atoms with van der Waals surface area (Å²) < 4.78 is 5.27. The summed E-state index contributed by atoms with van der Waals surface area (Å²) in [7, 11) is 0. The molecule has 0 aliphatic carbocycles. The molecule has 0 saturated carbocycles. The van der Waals surface area contributed by atoms with Gasteiger partial charge in [0.05, 0.1) is 6.61 Å². The molecule has 1 N–H and O–H groups in total. The largest absolute Gasteiger partial charge is 0.464 e. The third-order valence-electron chi connectivity index (χ3n) is 3.28. The fraction of sp³-hybridized carbons (Fsp3) is 0.846. The maximum Gasteiger partial charge on any atom is 0.328 e. The Morgan fingerprint density at radius 1 is 1.53 bits per heavy atom. The van der Waals surface area contributed by atoms with E-state index in [0.717, 1.165) is 12.8 Å². The van der Waals surface area contributed by atoms with Gasteiger partial charge in [-0.15, -0.1) is 0 Å². The summed E-state index contributed by atoms with van der Waals surface area (Å²) in [6.07, 6.45) is 5.50. The molecule has 1 saturated heterocycles. The first kappa shape index (κ1) is 14.0. The van der Waals surface area contributed by atoms with Crippen LogP contribution in [0.2, 0.25) is 0 Å². The summed E-state index contributed by atoms with van der Waals surface area (Å²) in [5.74, 6) is 0.131. The minimum absolute atomic E-state index is 0.0509. The lowest BCUT2D eigenvalue weighted by Gasteiger charge is -2.16. The molecule has 1 aliphatic heterocycles. The van der Waals surface area contributed by atoms with Crippen LogP contribution in [0.25, 0.3) is 0 Å². The van der Waals surface area contributed by atoms with Gasteiger partial charge < -0.3 is 10.1 Å². The summed E-state index contributed by atoms with van der Waals surface area (Å²) >= 11 is 0. The van der Waals surface area contributed by atoms with E-state index in [4.69, 9.17) is 4.74 Å². The van der Waals surface area contributed by atoms with E-state index in [1.54, 1.807) is 0 Å². The third-order valence-corrected chi connectivity index (χ3v) is 3.28. The van der Waals surface area contributed by atoms with Crippen molar-refractivity contribution in [1.82, 2.24) is 5.32 Å². The Kier molecular flexibility index (Phi) is 6.01. The van der Waals surface area contributed by atoms with Crippen molar-refractivity contribution in [1.29, 1.82) is 0 Å². The molecule has 98 valence electrons. The van der Waals surface area contributed by atoms with Crippen LogP contribution in [0, 0.1) is 5.92 Å². The van der Waals surface area contributed by atoms with E-state index in [1.807, 2.05) is 0 Å². The smallest absolute Gasteiger partial charge is 0.328 e. The van der Waals surface area contributed by atoms with Crippen LogP contribution in [-0.4, -0.2) is 24.5 Å². The van der Waals surface area contributed by atoms with Crippen LogP contribution in [0.15, 0.2) is 0 Å². The molecule has 1 amide bonds. The Balaban J connectivity index is 2.23. The second-order valence-corrected chi connectivity index (χ2v) is 4.71. The zero-order valence-corrected chi connectivity index (χ0v) is 10.8. The summed E-state index contributed by atoms with van der Waals surface area (Å²) in [4.78, 5) is 22.6. The van der Waals surface area contributed by atoms with Crippen LogP contribution in [0.5, 0.6) is 0 Å². The van der Waals surface area contributed by atoms with Gasteiger partial charge in [0, 0.05) is 6.42 Å². The number of nitrogens with one attached hydrogen (secondary N) is 1. The summed E-state index contributed by atoms with van der Waals surface area (Å²) in [6.45, 7) is 4.76. The Labute approximate surface area is 103 Å². The quantitative estimate of drug-likeness (QED) is 0.694. The van der Waals surface area contributed by atoms with Gasteiger partial charge in [-0.1, -0.05) is 33.1 Å². The highest BCUT2D eigenvalue weighted by Gasteiger charge is 2.28. The second kappa shape index (κ2) is 7.30. The second-order valence-electron chi connectivity index (χ2n) is 4.71. The van der Waals surface area contributed by atoms with Crippen LogP contribution in [0.3, 0.4) is 0 Å². The van der Waals surface area contributed by atoms with Gasteiger partial charge in [-0.2, -0.15) is 0 Å². The van der Waals surface area contributed by atoms with Crippen LogP contribution in [0.4, 0.5) is 0 Å². The predicted octanol–water partition coefficient (Wildman–Crippen LogP) is 2.02. The van der Waals surface area contributed by atoms with E-state index >= 15 is 0 Å². The molecule has 0 aromatic heterocycles. The normalized spacial score (nSPS) is 21.1. The van der Waals surface area contributed by atoms with Crippen molar-refractivity contribution >= 4 is 11.9 Å². The SMILES string of the molecule is CCCCC(CC)COC(=O)[C@@H]1CCC(=O)N1. The Bertz CT molecular complexity index is 265. The molecular formula is C13H23NO3. The van der Waals surface area contributed by atoms with E-state index < -0.39 is 6.04 Å². The van der Waals surface area contributed by atoms with Crippen molar-refractivity contribution in [2.75, 3.05) is 6.61 Å². The van der Waals surface area contributed by atoms with Gasteiger partial charge in [-0.3, -0.25) is 4.79 Å². The van der Waals surface area contributed by atoms with E-state index in [2.05, 4.69) is 19.2 Å². The molecular weight excluding hydrogens is 218 g/mol. The lowest BCUT2D eigenvalue weighted by molar-refractivity contribution is -0.148. The van der Waals surface area contributed by atoms with Gasteiger partial charge in [0.15, 0.2) is 0 Å². The van der Waals surface area contributed by atoms with Gasteiger partial charge in [-0.05, 0) is 18.8 Å². The van der Waals surface area contributed by atoms with Gasteiger partial charge in [0.25, 0.3) is 0 Å². The first-order valence-electron chi connectivity index (χ1n) is 6.63. The standard InChI is InChI=1S/C13H23NO3/c1-3-5-6-10(4-2)9-17-13(16)11-7-8-12(15)14-11/h10-11H,3-9H2,1-2H3,(H,14,15)/t10?,11-/m0/s1. The fourth-order valence-electron chi connectivity index (χ4n) is 1.99. The summed E-state index contributed by atoms with van der Waals surface area (Å²) in [6, 6.07) is -0.411. The van der Waals surface area contributed by atoms with Crippen LogP contribution >= 0.6 is 0 Å². The number of esters is 1. The number of hydrogen-bond donors (Lipinski definition) is 1. The molecule has 0 aromatic rings. The molecule has 0 bridgehead atoms. The fourth-order valence-corrected chi connectivity index (χ4v) is 1.99. The monoisotopic (exact) mass is 241 g/mol. The number of carbonyl (C=O) groups excluding carboxylic acids is 2. The van der Waals surface area contributed by atoms with Crippen LogP contribution < -0.4 is 5.32 Å². The van der Waals surface area contributed by atoms with Crippen molar-refractivity contribution in [2.24, 2.45) is 5.92 Å². The minimum atomic E-state index is -0.411. The molecule has 1 aliphatic rings. The molecule has 1 rings (SSSR count). The maximum atomic E-state index is 11.6. The molecule has 1 heterocycles. The van der Waals surface area contributed by atoms with E-state index in [0.29, 0.717) is 25.4 Å². The highest BCUT2D eigenvalue weighted by atomic mass is 16.5. The van der Waals surface area contributed by atoms with Gasteiger partial charge in [-0.25, -0.2) is 4.79 Å². The lowest BCUT2D eigenvalue weighted by Crippen LogP contribution is -2.35. The highest BCUT2D eigenvalue weighted by molar-refractivity contribution is 5.87. The number of amides is 1. The Morgan fingerprint density at radius 2 is 2.29 bits per heavy atom. The molecule has 17 heavy (non-hydrogen) atoms. The predicted molar refractivity (Wildman–Crippen MR) is 65.4 cm³/mol. The first-order valence-corrected chi connectivity index (χ1v) is 6.63. The number of ether oxygens (including phenoxy) is 1. The first-order chi connectivity index (χ1) is 8.17. The summed E-state index contributed by atoms with van der Waals surface area (Å²) in [5.41, 5.74) is 0. The van der Waals surface area contributed by atoms with Crippen molar-refractivity contribution in [3.63, 3.8) is 0 Å². The average molecular weight is 241 g/mol. The number of unbranched alkanes of at least 4 members (excludes halogenated alkanes) is 1. The van der Waals surface area contributed by atoms with Crippen LogP contribution in [0.1, 0.15) is 52.4 Å². The zero-order chi connectivity index (χ0) is 12.7. The molecule has 0 radical (unpaired) electrons. The number of hydrogen-bond acceptors (Lipinski definition) is 3. The van der Waals surface area contributed by atoms with Crippen LogP contribution in [-0.2, 0) is 14.3 Å². The van der Waals surface area contributed by atoms with Gasteiger partial charge >= 0.3 is 5.97 Å².